The first-order chi connectivity index (χ1) is 7.67. The molecule has 0 fully saturated rings. The monoisotopic (exact) mass is 243 g/mol. The number of amides is 1. The highest BCUT2D eigenvalue weighted by Gasteiger charge is 2.11. The number of thiazole rings is 1. The Bertz CT molecular complexity index is 378. The van der Waals surface area contributed by atoms with Gasteiger partial charge in [-0.05, 0) is 6.54 Å². The van der Waals surface area contributed by atoms with Crippen molar-refractivity contribution >= 4 is 23.2 Å². The molecule has 6 nitrogen and oxygen atoms in total. The molecule has 0 saturated heterocycles. The summed E-state index contributed by atoms with van der Waals surface area (Å²) >= 11 is 1.37. The van der Waals surface area contributed by atoms with Crippen LogP contribution in [0.2, 0.25) is 0 Å². The minimum absolute atomic E-state index is 0.154. The molecule has 88 valence electrons. The first-order valence-corrected chi connectivity index (χ1v) is 5.54. The van der Waals surface area contributed by atoms with E-state index in [1.807, 2.05) is 0 Å². The van der Waals surface area contributed by atoms with Crippen LogP contribution < -0.4 is 11.1 Å². The molecule has 0 radical (unpaired) electrons. The lowest BCUT2D eigenvalue weighted by atomic mass is 10.4. The molecule has 0 unspecified atom stereocenters. The van der Waals surface area contributed by atoms with Crippen LogP contribution in [0.25, 0.3) is 0 Å². The Kier molecular flexibility index (Phi) is 4.87. The molecule has 0 aliphatic rings. The van der Waals surface area contributed by atoms with E-state index >= 15 is 0 Å². The maximum Gasteiger partial charge on any atom is 0.325 e. The average Bonchev–Trinajstić information content (AvgIpc) is 2.74. The predicted octanol–water partition coefficient (Wildman–Crippen LogP) is -0.453. The van der Waals surface area contributed by atoms with Crippen LogP contribution in [0.3, 0.4) is 0 Å². The molecule has 0 atom stereocenters. The van der Waals surface area contributed by atoms with Gasteiger partial charge < -0.3 is 15.8 Å². The number of rotatable bonds is 5. The third kappa shape index (κ3) is 3.59. The van der Waals surface area contributed by atoms with Gasteiger partial charge in [0.1, 0.15) is 12.2 Å². The largest absolute Gasteiger partial charge is 0.468 e. The molecule has 1 amide bonds. The maximum absolute atomic E-state index is 11.5. The molecule has 1 aromatic rings. The second kappa shape index (κ2) is 6.19. The van der Waals surface area contributed by atoms with Gasteiger partial charge in [-0.25, -0.2) is 4.98 Å². The van der Waals surface area contributed by atoms with E-state index < -0.39 is 5.97 Å². The van der Waals surface area contributed by atoms with Crippen LogP contribution in [-0.2, 0) is 16.0 Å². The van der Waals surface area contributed by atoms with E-state index in [0.717, 1.165) is 5.01 Å². The number of hydrogen-bond donors (Lipinski definition) is 2. The van der Waals surface area contributed by atoms with E-state index in [1.165, 1.54) is 18.4 Å². The van der Waals surface area contributed by atoms with Crippen LogP contribution in [0.5, 0.6) is 0 Å². The number of esters is 1. The Labute approximate surface area is 96.8 Å². The van der Waals surface area contributed by atoms with Crippen molar-refractivity contribution in [3.05, 3.63) is 16.1 Å². The zero-order valence-electron chi connectivity index (χ0n) is 8.86. The summed E-state index contributed by atoms with van der Waals surface area (Å²) in [4.78, 5) is 26.3. The summed E-state index contributed by atoms with van der Waals surface area (Å²) in [5, 5.41) is 4.85. The van der Waals surface area contributed by atoms with Crippen LogP contribution in [-0.4, -0.2) is 37.1 Å². The summed E-state index contributed by atoms with van der Waals surface area (Å²) in [5.74, 6) is -0.879. The van der Waals surface area contributed by atoms with Gasteiger partial charge in [0.2, 0.25) is 0 Å². The molecule has 1 heterocycles. The third-order valence-corrected chi connectivity index (χ3v) is 2.67. The number of carbonyl (C=O) groups is 2. The smallest absolute Gasteiger partial charge is 0.325 e. The second-order valence-corrected chi connectivity index (χ2v) is 3.87. The summed E-state index contributed by atoms with van der Waals surface area (Å²) in [6, 6.07) is 0. The summed E-state index contributed by atoms with van der Waals surface area (Å²) in [5.41, 5.74) is 5.67. The van der Waals surface area contributed by atoms with Crippen LogP contribution in [0.15, 0.2) is 5.38 Å². The molecule has 0 bridgehead atoms. The number of hydrogen-bond acceptors (Lipinski definition) is 6. The zero-order valence-corrected chi connectivity index (χ0v) is 9.67. The summed E-state index contributed by atoms with van der Waals surface area (Å²) in [7, 11) is 1.26. The topological polar surface area (TPSA) is 94.3 Å². The van der Waals surface area contributed by atoms with E-state index in [9.17, 15) is 9.59 Å². The van der Waals surface area contributed by atoms with Gasteiger partial charge in [0.05, 0.1) is 12.1 Å². The summed E-state index contributed by atoms with van der Waals surface area (Å²) in [6.45, 7) is 0.343. The molecule has 3 N–H and O–H groups in total. The van der Waals surface area contributed by atoms with Crippen LogP contribution in [0.1, 0.15) is 15.5 Å². The molecular weight excluding hydrogens is 230 g/mol. The summed E-state index contributed by atoms with van der Waals surface area (Å²) in [6.07, 6.45) is 0.648. The van der Waals surface area contributed by atoms with Gasteiger partial charge in [0, 0.05) is 11.8 Å². The molecule has 0 aliphatic heterocycles. The molecule has 0 spiro atoms. The highest BCUT2D eigenvalue weighted by Crippen LogP contribution is 2.09. The van der Waals surface area contributed by atoms with Gasteiger partial charge in [-0.1, -0.05) is 0 Å². The Balaban J connectivity index is 2.49. The quantitative estimate of drug-likeness (QED) is 0.683. The maximum atomic E-state index is 11.5. The Morgan fingerprint density at radius 3 is 3.00 bits per heavy atom. The molecular formula is C9H13N3O3S. The predicted molar refractivity (Wildman–Crippen MR) is 59.2 cm³/mol. The van der Waals surface area contributed by atoms with Crippen molar-refractivity contribution in [2.45, 2.75) is 6.42 Å². The van der Waals surface area contributed by atoms with E-state index in [-0.39, 0.29) is 12.5 Å². The fraction of sp³-hybridized carbons (Fsp3) is 0.444. The van der Waals surface area contributed by atoms with E-state index in [0.29, 0.717) is 18.7 Å². The van der Waals surface area contributed by atoms with E-state index in [1.54, 1.807) is 5.38 Å². The van der Waals surface area contributed by atoms with Crippen molar-refractivity contribution < 1.29 is 14.3 Å². The minimum Gasteiger partial charge on any atom is -0.468 e. The number of methoxy groups -OCH3 is 1. The fourth-order valence-electron chi connectivity index (χ4n) is 0.969. The first kappa shape index (κ1) is 12.6. The van der Waals surface area contributed by atoms with Gasteiger partial charge in [0.15, 0.2) is 0 Å². The molecule has 16 heavy (non-hydrogen) atoms. The van der Waals surface area contributed by atoms with Crippen molar-refractivity contribution in [2.75, 3.05) is 20.2 Å². The van der Waals surface area contributed by atoms with E-state index in [2.05, 4.69) is 15.0 Å². The van der Waals surface area contributed by atoms with Crippen LogP contribution in [0.4, 0.5) is 0 Å². The third-order valence-electron chi connectivity index (χ3n) is 1.76. The van der Waals surface area contributed by atoms with Crippen LogP contribution >= 0.6 is 11.3 Å². The number of nitrogens with zero attached hydrogens (tertiary/aromatic N) is 1. The number of nitrogens with one attached hydrogen (secondary N) is 1. The Hall–Kier alpha value is -1.47. The summed E-state index contributed by atoms with van der Waals surface area (Å²) < 4.78 is 4.39. The van der Waals surface area contributed by atoms with Crippen LogP contribution in [0, 0.1) is 0 Å². The molecule has 1 rings (SSSR count). The minimum atomic E-state index is -0.495. The first-order valence-electron chi connectivity index (χ1n) is 4.67. The lowest BCUT2D eigenvalue weighted by molar-refractivity contribution is -0.139. The van der Waals surface area contributed by atoms with Gasteiger partial charge in [-0.3, -0.25) is 9.59 Å². The SMILES string of the molecule is COC(=O)CNC(=O)c1csc(CCN)n1. The van der Waals surface area contributed by atoms with Gasteiger partial charge in [-0.2, -0.15) is 0 Å². The highest BCUT2D eigenvalue weighted by atomic mass is 32.1. The molecule has 0 saturated carbocycles. The molecule has 0 aromatic carbocycles. The van der Waals surface area contributed by atoms with Gasteiger partial charge in [0.25, 0.3) is 5.91 Å². The lowest BCUT2D eigenvalue weighted by Crippen LogP contribution is -2.30. The number of carbonyl (C=O) groups excluding carboxylic acids is 2. The molecule has 7 heteroatoms. The standard InChI is InChI=1S/C9H13N3O3S/c1-15-8(13)4-11-9(14)6-5-16-7(12-6)2-3-10/h5H,2-4,10H2,1H3,(H,11,14). The van der Waals surface area contributed by atoms with Gasteiger partial charge in [-0.15, -0.1) is 11.3 Å². The van der Waals surface area contributed by atoms with Crippen molar-refractivity contribution in [3.63, 3.8) is 0 Å². The van der Waals surface area contributed by atoms with Gasteiger partial charge >= 0.3 is 5.97 Å². The number of aromatic nitrogens is 1. The highest BCUT2D eigenvalue weighted by molar-refractivity contribution is 7.09. The molecule has 1 aromatic heterocycles. The van der Waals surface area contributed by atoms with Crippen molar-refractivity contribution in [3.8, 4) is 0 Å². The Morgan fingerprint density at radius 1 is 1.62 bits per heavy atom. The van der Waals surface area contributed by atoms with Crippen molar-refractivity contribution in [1.29, 1.82) is 0 Å². The average molecular weight is 243 g/mol. The fourth-order valence-corrected chi connectivity index (χ4v) is 1.76. The van der Waals surface area contributed by atoms with Crippen molar-refractivity contribution in [2.24, 2.45) is 5.73 Å². The second-order valence-electron chi connectivity index (χ2n) is 2.92. The number of ether oxygens (including phenoxy) is 1. The lowest BCUT2D eigenvalue weighted by Gasteiger charge is -2.00. The molecule has 0 aliphatic carbocycles. The Morgan fingerprint density at radius 2 is 2.38 bits per heavy atom. The normalized spacial score (nSPS) is 9.88. The zero-order chi connectivity index (χ0) is 12.0. The number of nitrogens with two attached hydrogens (primary N) is 1. The van der Waals surface area contributed by atoms with E-state index in [4.69, 9.17) is 5.73 Å². The van der Waals surface area contributed by atoms with Crippen molar-refractivity contribution in [1.82, 2.24) is 10.3 Å².